The maximum absolute atomic E-state index is 11.4. The summed E-state index contributed by atoms with van der Waals surface area (Å²) in [6.45, 7) is 5.62. The number of fused-ring (bicyclic) bond motifs is 1. The zero-order valence-corrected chi connectivity index (χ0v) is 10.8. The fourth-order valence-electron chi connectivity index (χ4n) is 2.17. The second kappa shape index (κ2) is 4.76. The standard InChI is InChI=1S/C13H17N3O2/c1-4-10(5-2)16-11-6-9(8(3)17)7-14-12(11)15-13(16)18/h6-7,10H,4-5H2,1-3H3,(H,14,15,18). The topological polar surface area (TPSA) is 68.0 Å². The van der Waals surface area contributed by atoms with Crippen molar-refractivity contribution in [2.45, 2.75) is 39.7 Å². The number of hydrogen-bond acceptors (Lipinski definition) is 4. The van der Waals surface area contributed by atoms with Gasteiger partial charge in [0.2, 0.25) is 0 Å². The van der Waals surface area contributed by atoms with Crippen molar-refractivity contribution in [1.29, 1.82) is 0 Å². The Morgan fingerprint density at radius 3 is 2.67 bits per heavy atom. The predicted octanol–water partition coefficient (Wildman–Crippen LogP) is 2.70. The largest absolute Gasteiger partial charge is 0.480 e. The highest BCUT2D eigenvalue weighted by Gasteiger charge is 2.17. The number of hydrogen-bond donors (Lipinski definition) is 1. The lowest BCUT2D eigenvalue weighted by molar-refractivity contribution is 0.101. The Morgan fingerprint density at radius 2 is 2.11 bits per heavy atom. The van der Waals surface area contributed by atoms with Crippen molar-refractivity contribution in [2.24, 2.45) is 0 Å². The van der Waals surface area contributed by atoms with Crippen LogP contribution < -0.4 is 0 Å². The molecule has 0 bridgehead atoms. The van der Waals surface area contributed by atoms with Crippen LogP contribution in [-0.4, -0.2) is 25.4 Å². The number of aromatic nitrogens is 3. The Kier molecular flexibility index (Phi) is 3.32. The Hall–Kier alpha value is -1.91. The molecular formula is C13H17N3O2. The SMILES string of the molecule is CCC(CC)n1c(O)nc2ncc(C(C)=O)cc21. The summed E-state index contributed by atoms with van der Waals surface area (Å²) in [5, 5.41) is 9.92. The van der Waals surface area contributed by atoms with Gasteiger partial charge in [0.25, 0.3) is 6.01 Å². The molecule has 0 saturated heterocycles. The van der Waals surface area contributed by atoms with Crippen molar-refractivity contribution in [1.82, 2.24) is 14.5 Å². The molecule has 0 aliphatic rings. The van der Waals surface area contributed by atoms with E-state index in [4.69, 9.17) is 0 Å². The van der Waals surface area contributed by atoms with E-state index in [-0.39, 0.29) is 17.8 Å². The third-order valence-electron chi connectivity index (χ3n) is 3.24. The first kappa shape index (κ1) is 12.5. The molecule has 2 heterocycles. The van der Waals surface area contributed by atoms with Crippen LogP contribution in [0.5, 0.6) is 6.01 Å². The Morgan fingerprint density at radius 1 is 1.44 bits per heavy atom. The van der Waals surface area contributed by atoms with Gasteiger partial charge in [0.15, 0.2) is 11.4 Å². The second-order valence-electron chi connectivity index (χ2n) is 4.38. The van der Waals surface area contributed by atoms with Crippen molar-refractivity contribution < 1.29 is 9.90 Å². The average molecular weight is 247 g/mol. The molecule has 0 amide bonds. The van der Waals surface area contributed by atoms with E-state index in [9.17, 15) is 9.90 Å². The van der Waals surface area contributed by atoms with Crippen LogP contribution >= 0.6 is 0 Å². The monoisotopic (exact) mass is 247 g/mol. The highest BCUT2D eigenvalue weighted by atomic mass is 16.3. The molecule has 0 atom stereocenters. The number of carbonyl (C=O) groups is 1. The summed E-state index contributed by atoms with van der Waals surface area (Å²) in [5.41, 5.74) is 1.73. The lowest BCUT2D eigenvalue weighted by Crippen LogP contribution is -2.06. The molecule has 0 radical (unpaired) electrons. The summed E-state index contributed by atoms with van der Waals surface area (Å²) in [5.74, 6) is -0.0406. The molecule has 0 aromatic carbocycles. The summed E-state index contributed by atoms with van der Waals surface area (Å²) in [7, 11) is 0. The van der Waals surface area contributed by atoms with Crippen LogP contribution in [0.3, 0.4) is 0 Å². The maximum Gasteiger partial charge on any atom is 0.296 e. The average Bonchev–Trinajstić information content (AvgIpc) is 2.67. The zero-order valence-electron chi connectivity index (χ0n) is 10.8. The van der Waals surface area contributed by atoms with Gasteiger partial charge in [-0.3, -0.25) is 9.36 Å². The molecule has 2 aromatic rings. The van der Waals surface area contributed by atoms with Crippen LogP contribution in [0.15, 0.2) is 12.3 Å². The fourth-order valence-corrected chi connectivity index (χ4v) is 2.17. The molecule has 0 saturated carbocycles. The van der Waals surface area contributed by atoms with Gasteiger partial charge < -0.3 is 5.11 Å². The first-order valence-corrected chi connectivity index (χ1v) is 6.16. The van der Waals surface area contributed by atoms with E-state index in [0.717, 1.165) is 12.8 Å². The van der Waals surface area contributed by atoms with Crippen molar-refractivity contribution in [3.63, 3.8) is 0 Å². The Balaban J connectivity index is 2.67. The second-order valence-corrected chi connectivity index (χ2v) is 4.38. The molecule has 2 aromatic heterocycles. The highest BCUT2D eigenvalue weighted by molar-refractivity contribution is 5.96. The normalized spacial score (nSPS) is 11.3. The minimum atomic E-state index is -0.0406. The molecule has 1 N–H and O–H groups in total. The van der Waals surface area contributed by atoms with Crippen LogP contribution in [-0.2, 0) is 0 Å². The lowest BCUT2D eigenvalue weighted by Gasteiger charge is -2.16. The summed E-state index contributed by atoms with van der Waals surface area (Å²) in [4.78, 5) is 19.5. The molecule has 5 heteroatoms. The van der Waals surface area contributed by atoms with Gasteiger partial charge in [-0.25, -0.2) is 4.98 Å². The minimum absolute atomic E-state index is 0.0353. The molecule has 96 valence electrons. The number of pyridine rings is 1. The molecule has 0 unspecified atom stereocenters. The fraction of sp³-hybridized carbons (Fsp3) is 0.462. The van der Waals surface area contributed by atoms with Gasteiger partial charge in [0, 0.05) is 17.8 Å². The molecule has 0 spiro atoms. The molecule has 0 aliphatic heterocycles. The molecule has 0 aliphatic carbocycles. The van der Waals surface area contributed by atoms with Crippen LogP contribution in [0.2, 0.25) is 0 Å². The van der Waals surface area contributed by atoms with Gasteiger partial charge in [-0.2, -0.15) is 4.98 Å². The Bertz CT molecular complexity index is 585. The Labute approximate surface area is 105 Å². The number of imidazole rings is 1. The first-order valence-electron chi connectivity index (χ1n) is 6.16. The van der Waals surface area contributed by atoms with E-state index >= 15 is 0 Å². The van der Waals surface area contributed by atoms with Crippen molar-refractivity contribution in [3.8, 4) is 6.01 Å². The smallest absolute Gasteiger partial charge is 0.296 e. The van der Waals surface area contributed by atoms with Crippen LogP contribution in [0, 0.1) is 0 Å². The van der Waals surface area contributed by atoms with E-state index < -0.39 is 0 Å². The van der Waals surface area contributed by atoms with E-state index in [1.165, 1.54) is 13.1 Å². The number of ketones is 1. The third kappa shape index (κ3) is 1.96. The predicted molar refractivity (Wildman–Crippen MR) is 68.8 cm³/mol. The number of nitrogens with zero attached hydrogens (tertiary/aromatic N) is 3. The quantitative estimate of drug-likeness (QED) is 0.843. The van der Waals surface area contributed by atoms with Gasteiger partial charge in [0.1, 0.15) is 0 Å². The lowest BCUT2D eigenvalue weighted by atomic mass is 10.1. The summed E-state index contributed by atoms with van der Waals surface area (Å²) in [6, 6.07) is 1.88. The van der Waals surface area contributed by atoms with Gasteiger partial charge >= 0.3 is 0 Å². The summed E-state index contributed by atoms with van der Waals surface area (Å²) < 4.78 is 1.76. The van der Waals surface area contributed by atoms with Crippen molar-refractivity contribution in [2.75, 3.05) is 0 Å². The number of aromatic hydroxyl groups is 1. The maximum atomic E-state index is 11.4. The number of carbonyl (C=O) groups excluding carboxylic acids is 1. The summed E-state index contributed by atoms with van der Waals surface area (Å²) >= 11 is 0. The zero-order chi connectivity index (χ0) is 13.3. The van der Waals surface area contributed by atoms with E-state index in [2.05, 4.69) is 23.8 Å². The molecular weight excluding hydrogens is 230 g/mol. The van der Waals surface area contributed by atoms with Gasteiger partial charge in [0.05, 0.1) is 5.52 Å². The molecule has 18 heavy (non-hydrogen) atoms. The van der Waals surface area contributed by atoms with E-state index in [1.54, 1.807) is 10.6 Å². The molecule has 5 nitrogen and oxygen atoms in total. The van der Waals surface area contributed by atoms with Crippen molar-refractivity contribution in [3.05, 3.63) is 17.8 Å². The summed E-state index contributed by atoms with van der Waals surface area (Å²) in [6.07, 6.45) is 3.27. The van der Waals surface area contributed by atoms with Crippen molar-refractivity contribution >= 4 is 16.9 Å². The number of rotatable bonds is 4. The van der Waals surface area contributed by atoms with Crippen LogP contribution in [0.1, 0.15) is 50.0 Å². The molecule has 2 rings (SSSR count). The van der Waals surface area contributed by atoms with Crippen LogP contribution in [0.4, 0.5) is 0 Å². The van der Waals surface area contributed by atoms with E-state index in [1.807, 2.05) is 0 Å². The van der Waals surface area contributed by atoms with Gasteiger partial charge in [-0.1, -0.05) is 13.8 Å². The van der Waals surface area contributed by atoms with Crippen LogP contribution in [0.25, 0.3) is 11.2 Å². The molecule has 0 fully saturated rings. The van der Waals surface area contributed by atoms with Gasteiger partial charge in [-0.05, 0) is 25.8 Å². The van der Waals surface area contributed by atoms with E-state index in [0.29, 0.717) is 16.7 Å². The van der Waals surface area contributed by atoms with Gasteiger partial charge in [-0.15, -0.1) is 0 Å². The minimum Gasteiger partial charge on any atom is -0.480 e. The number of Topliss-reactive ketones (excluding diaryl/α,β-unsaturated/α-hetero) is 1. The third-order valence-corrected chi connectivity index (χ3v) is 3.24. The first-order chi connectivity index (χ1) is 8.58. The highest BCUT2D eigenvalue weighted by Crippen LogP contribution is 2.28.